The molecule has 14 aromatic carbocycles. The van der Waals surface area contributed by atoms with E-state index >= 15 is 0 Å². The van der Waals surface area contributed by atoms with Crippen molar-refractivity contribution >= 4 is 13.3 Å². The maximum absolute atomic E-state index is 2.38. The van der Waals surface area contributed by atoms with Gasteiger partial charge in [-0.3, -0.25) is 0 Å². The fraction of sp³-hybridized carbons (Fsp3) is 0.208. The summed E-state index contributed by atoms with van der Waals surface area (Å²) in [5, 5.41) is 1.52. The van der Waals surface area contributed by atoms with Crippen molar-refractivity contribution in [1.29, 1.82) is 0 Å². The molecule has 0 bridgehead atoms. The van der Waals surface area contributed by atoms with Gasteiger partial charge in [-0.15, -0.1) is 0 Å². The maximum Gasteiger partial charge on any atom is 0.0775 e. The van der Waals surface area contributed by atoms with Crippen molar-refractivity contribution in [3.05, 3.63) is 414 Å². The normalized spacial score (nSPS) is 10.9. The third-order valence-electron chi connectivity index (χ3n) is 19.0. The van der Waals surface area contributed by atoms with Gasteiger partial charge in [-0.25, -0.2) is 0 Å². The first-order chi connectivity index (χ1) is 51.0. The van der Waals surface area contributed by atoms with E-state index in [0.29, 0.717) is 0 Å². The predicted molar refractivity (Wildman–Crippen MR) is 475 cm³/mol. The van der Waals surface area contributed by atoms with Crippen LogP contribution in [0.2, 0.25) is 19.6 Å². The van der Waals surface area contributed by atoms with Crippen molar-refractivity contribution in [3.63, 3.8) is 0 Å². The van der Waals surface area contributed by atoms with Gasteiger partial charge in [0.2, 0.25) is 0 Å². The Morgan fingerprint density at radius 1 is 0.178 bits per heavy atom. The summed E-state index contributed by atoms with van der Waals surface area (Å²) in [7, 11) is -1.17. The molecule has 0 saturated heterocycles. The van der Waals surface area contributed by atoms with E-state index in [2.05, 4.69) is 470 Å². The zero-order chi connectivity index (χ0) is 77.2. The van der Waals surface area contributed by atoms with Crippen molar-refractivity contribution < 1.29 is 0 Å². The summed E-state index contributed by atoms with van der Waals surface area (Å²) in [6.45, 7) is 42.2. The van der Waals surface area contributed by atoms with Gasteiger partial charge in [0.15, 0.2) is 0 Å². The molecule has 0 aromatic heterocycles. The van der Waals surface area contributed by atoms with Crippen LogP contribution >= 0.6 is 0 Å². The van der Waals surface area contributed by atoms with Gasteiger partial charge in [0.25, 0.3) is 0 Å². The number of rotatable bonds is 8. The van der Waals surface area contributed by atoms with Gasteiger partial charge in [-0.05, 0) is 165 Å². The van der Waals surface area contributed by atoms with Crippen molar-refractivity contribution in [3.8, 4) is 77.9 Å². The third-order valence-corrected chi connectivity index (χ3v) is 21.1. The highest BCUT2D eigenvalue weighted by molar-refractivity contribution is 6.88. The van der Waals surface area contributed by atoms with E-state index in [-0.39, 0.29) is 16.2 Å². The summed E-state index contributed by atoms with van der Waals surface area (Å²) in [5.41, 5.74) is 32.1. The summed E-state index contributed by atoms with van der Waals surface area (Å²) in [5.74, 6) is 0. The Kier molecular flexibility index (Phi) is 29.9. The van der Waals surface area contributed by atoms with E-state index in [1.165, 1.54) is 139 Å². The topological polar surface area (TPSA) is 0 Å². The molecule has 0 aliphatic heterocycles. The van der Waals surface area contributed by atoms with E-state index in [1.807, 2.05) is 18.2 Å². The Balaban J connectivity index is 0.000000158. The SMILES string of the molecule is Cc1ccc(-c2ccc(C(C)(C)C)cc2)cc1.Cc1ccc(-c2ccc([Si](C)(C)C)cc2)cc1.Cc1ccc(-c2ccccc2)cc1.Cc1cccc(-c2ccc(C(C)(C)C)cc2)c1.Cc1cccc(-c2ccc(C(C)(C)C)cc2)c1.Cc1cccc(-c2ccccc2)c1.Cc1ccccc1-c1ccccc1. The lowest BCUT2D eigenvalue weighted by molar-refractivity contribution is 0.590. The van der Waals surface area contributed by atoms with Gasteiger partial charge in [0.05, 0.1) is 8.07 Å². The summed E-state index contributed by atoms with van der Waals surface area (Å²) < 4.78 is 0. The van der Waals surface area contributed by atoms with Crippen LogP contribution in [0.1, 0.15) is 118 Å². The molecule has 0 saturated carbocycles. The lowest BCUT2D eigenvalue weighted by atomic mass is 9.86. The molecule has 1 heteroatoms. The summed E-state index contributed by atoms with van der Waals surface area (Å²) in [6.07, 6.45) is 0. The summed E-state index contributed by atoms with van der Waals surface area (Å²) >= 11 is 0. The molecule has 0 heterocycles. The molecule has 0 spiro atoms. The molecule has 0 nitrogen and oxygen atoms in total. The minimum absolute atomic E-state index is 0.227. The molecule has 544 valence electrons. The second-order valence-corrected chi connectivity index (χ2v) is 37.5. The van der Waals surface area contributed by atoms with Crippen LogP contribution in [0.3, 0.4) is 0 Å². The molecule has 0 N–H and O–H groups in total. The Bertz CT molecular complexity index is 4700. The summed E-state index contributed by atoms with van der Waals surface area (Å²) in [6, 6.07) is 127. The highest BCUT2D eigenvalue weighted by Crippen LogP contribution is 2.31. The number of benzene rings is 14. The zero-order valence-corrected chi connectivity index (χ0v) is 68.6. The highest BCUT2D eigenvalue weighted by Gasteiger charge is 2.17. The van der Waals surface area contributed by atoms with Crippen LogP contribution in [0.4, 0.5) is 0 Å². The zero-order valence-electron chi connectivity index (χ0n) is 67.6. The quantitative estimate of drug-likeness (QED) is 0.133. The fourth-order valence-corrected chi connectivity index (χ4v) is 13.3. The minimum Gasteiger partial charge on any atom is -0.0656 e. The first-order valence-corrected chi connectivity index (χ1v) is 41.5. The van der Waals surface area contributed by atoms with Crippen LogP contribution in [-0.4, -0.2) is 8.07 Å². The van der Waals surface area contributed by atoms with E-state index in [0.717, 1.165) is 0 Å². The van der Waals surface area contributed by atoms with Crippen LogP contribution < -0.4 is 5.19 Å². The van der Waals surface area contributed by atoms with Crippen LogP contribution in [0.5, 0.6) is 0 Å². The maximum atomic E-state index is 2.38. The largest absolute Gasteiger partial charge is 0.0775 e. The second kappa shape index (κ2) is 39.1. The van der Waals surface area contributed by atoms with Crippen LogP contribution in [0.15, 0.2) is 358 Å². The van der Waals surface area contributed by atoms with Crippen LogP contribution in [-0.2, 0) is 16.2 Å². The van der Waals surface area contributed by atoms with Crippen LogP contribution in [0, 0.1) is 48.5 Å². The molecule has 0 aliphatic carbocycles. The Morgan fingerprint density at radius 3 is 0.654 bits per heavy atom. The number of hydrogen-bond acceptors (Lipinski definition) is 0. The summed E-state index contributed by atoms with van der Waals surface area (Å²) in [4.78, 5) is 0. The molecule has 107 heavy (non-hydrogen) atoms. The van der Waals surface area contributed by atoms with Gasteiger partial charge < -0.3 is 0 Å². The molecule has 0 radical (unpaired) electrons. The van der Waals surface area contributed by atoms with Gasteiger partial charge in [0.1, 0.15) is 0 Å². The number of aryl methyl sites for hydroxylation is 7. The molecule has 0 unspecified atom stereocenters. The standard InChI is InChI=1S/3C17H20.C16H20Si.3C13H12/c1-13-5-7-14(8-6-13)15-9-11-16(12-10-15)17(2,3)4;2*1-13-6-5-7-15(12-13)14-8-10-16(11-9-14)17(2,3)4;1-13-5-7-14(8-6-13)15-9-11-16(12-10-15)17(2,3)4;1-11-7-5-6-10-13(11)12-8-3-2-4-9-12;1-11-6-5-9-13(10-11)12-7-3-2-4-8-12;1-11-7-9-13(10-8-11)12-5-3-2-4-6-12/h4*5-12H,1-4H3;3*2-10H,1H3. The first-order valence-electron chi connectivity index (χ1n) is 38.0. The predicted octanol–water partition coefficient (Wildman–Crippen LogP) is 30.1. The second-order valence-electron chi connectivity index (χ2n) is 32.4. The van der Waals surface area contributed by atoms with Gasteiger partial charge in [0, 0.05) is 0 Å². The monoisotopic (exact) mass is 1420 g/mol. The van der Waals surface area contributed by atoms with Crippen molar-refractivity contribution in [2.45, 2.75) is 147 Å². The Morgan fingerprint density at radius 2 is 0.393 bits per heavy atom. The van der Waals surface area contributed by atoms with Gasteiger partial charge >= 0.3 is 0 Å². The van der Waals surface area contributed by atoms with Gasteiger partial charge in [-0.1, -0.05) is 478 Å². The van der Waals surface area contributed by atoms with E-state index in [1.54, 1.807) is 0 Å². The van der Waals surface area contributed by atoms with E-state index in [9.17, 15) is 0 Å². The van der Waals surface area contributed by atoms with E-state index < -0.39 is 8.07 Å². The highest BCUT2D eigenvalue weighted by atomic mass is 28.3. The van der Waals surface area contributed by atoms with Crippen molar-refractivity contribution in [2.75, 3.05) is 0 Å². The lowest BCUT2D eigenvalue weighted by Gasteiger charge is -2.19. The van der Waals surface area contributed by atoms with Crippen molar-refractivity contribution in [1.82, 2.24) is 0 Å². The average Bonchev–Trinajstić information content (AvgIpc) is 0.844. The Hall–Kier alpha value is -10.7. The van der Waals surface area contributed by atoms with E-state index in [4.69, 9.17) is 0 Å². The number of hydrogen-bond donors (Lipinski definition) is 0. The molecular formula is C106H116Si. The smallest absolute Gasteiger partial charge is 0.0656 e. The average molecular weight is 1420 g/mol. The molecule has 0 amide bonds. The molecule has 14 aromatic rings. The van der Waals surface area contributed by atoms with Gasteiger partial charge in [-0.2, -0.15) is 0 Å². The third kappa shape index (κ3) is 26.7. The van der Waals surface area contributed by atoms with Crippen molar-refractivity contribution in [2.24, 2.45) is 0 Å². The molecular weight excluding hydrogens is 1300 g/mol. The lowest BCUT2D eigenvalue weighted by Crippen LogP contribution is -2.37. The minimum atomic E-state index is -1.17. The molecule has 0 atom stereocenters. The Labute approximate surface area is 647 Å². The van der Waals surface area contributed by atoms with Crippen LogP contribution in [0.25, 0.3) is 77.9 Å². The first kappa shape index (κ1) is 82.0. The fourth-order valence-electron chi connectivity index (χ4n) is 12.1. The molecule has 0 fully saturated rings. The molecule has 0 aliphatic rings. The molecule has 14 rings (SSSR count).